The van der Waals surface area contributed by atoms with E-state index in [-0.39, 0.29) is 23.6 Å². The van der Waals surface area contributed by atoms with Gasteiger partial charge in [0, 0.05) is 17.6 Å². The minimum Gasteiger partial charge on any atom is -0.336 e. The maximum absolute atomic E-state index is 14.2. The number of rotatable bonds is 3. The van der Waals surface area contributed by atoms with Crippen molar-refractivity contribution in [2.75, 3.05) is 6.54 Å². The molecule has 0 saturated carbocycles. The van der Waals surface area contributed by atoms with Gasteiger partial charge in [0.05, 0.1) is 0 Å². The number of urea groups is 1. The van der Waals surface area contributed by atoms with Crippen molar-refractivity contribution in [3.05, 3.63) is 35.4 Å². The Morgan fingerprint density at radius 1 is 1.22 bits per heavy atom. The van der Waals surface area contributed by atoms with Crippen molar-refractivity contribution in [2.24, 2.45) is 0 Å². The summed E-state index contributed by atoms with van der Waals surface area (Å²) >= 11 is 0. The van der Waals surface area contributed by atoms with Gasteiger partial charge < -0.3 is 10.2 Å². The van der Waals surface area contributed by atoms with Crippen LogP contribution in [0.2, 0.25) is 0 Å². The number of hydrogen-bond donors (Lipinski definition) is 1. The van der Waals surface area contributed by atoms with Gasteiger partial charge in [0.2, 0.25) is 5.91 Å². The normalized spacial score (nSPS) is 28.5. The summed E-state index contributed by atoms with van der Waals surface area (Å²) in [5.74, 6) is -2.64. The van der Waals surface area contributed by atoms with Gasteiger partial charge >= 0.3 is 6.03 Å². The molecule has 0 aliphatic carbocycles. The molecule has 0 radical (unpaired) electrons. The Labute approximate surface area is 156 Å². The third kappa shape index (κ3) is 3.28. The predicted octanol–water partition coefficient (Wildman–Crippen LogP) is 2.52. The van der Waals surface area contributed by atoms with Crippen LogP contribution in [0.5, 0.6) is 0 Å². The van der Waals surface area contributed by atoms with Crippen LogP contribution >= 0.6 is 0 Å². The van der Waals surface area contributed by atoms with E-state index in [1.165, 1.54) is 6.92 Å². The molecule has 0 unspecified atom stereocenters. The monoisotopic (exact) mass is 379 g/mol. The summed E-state index contributed by atoms with van der Waals surface area (Å²) in [5, 5.41) is 2.41. The summed E-state index contributed by atoms with van der Waals surface area (Å²) in [5.41, 5.74) is -2.03. The highest BCUT2D eigenvalue weighted by molar-refractivity contribution is 6.09. The second-order valence-corrected chi connectivity index (χ2v) is 7.50. The smallest absolute Gasteiger partial charge is 0.325 e. The lowest BCUT2D eigenvalue weighted by molar-refractivity contribution is -0.142. The molecule has 8 heteroatoms. The first-order valence-electron chi connectivity index (χ1n) is 9.06. The molecule has 1 aromatic rings. The first-order chi connectivity index (χ1) is 12.6. The zero-order valence-electron chi connectivity index (χ0n) is 15.6. The van der Waals surface area contributed by atoms with Crippen molar-refractivity contribution in [2.45, 2.75) is 57.7 Å². The van der Waals surface area contributed by atoms with Crippen LogP contribution in [0, 0.1) is 11.6 Å². The summed E-state index contributed by atoms with van der Waals surface area (Å²) in [6, 6.07) is 1.97. The largest absolute Gasteiger partial charge is 0.336 e. The molecule has 3 atom stereocenters. The topological polar surface area (TPSA) is 69.7 Å². The molecule has 2 heterocycles. The highest BCUT2D eigenvalue weighted by atomic mass is 19.1. The Kier molecular flexibility index (Phi) is 4.92. The van der Waals surface area contributed by atoms with Crippen molar-refractivity contribution in [3.8, 4) is 0 Å². The molecule has 146 valence electrons. The Bertz CT molecular complexity index is 790. The average molecular weight is 379 g/mol. The maximum atomic E-state index is 14.2. The van der Waals surface area contributed by atoms with E-state index < -0.39 is 35.7 Å². The van der Waals surface area contributed by atoms with Crippen LogP contribution in [-0.4, -0.2) is 46.3 Å². The molecule has 27 heavy (non-hydrogen) atoms. The summed E-state index contributed by atoms with van der Waals surface area (Å²) in [6.07, 6.45) is 2.75. The quantitative estimate of drug-likeness (QED) is 0.821. The molecule has 1 N–H and O–H groups in total. The van der Waals surface area contributed by atoms with Crippen LogP contribution in [0.3, 0.4) is 0 Å². The van der Waals surface area contributed by atoms with Gasteiger partial charge in [-0.25, -0.2) is 13.6 Å². The highest BCUT2D eigenvalue weighted by Gasteiger charge is 2.51. The van der Waals surface area contributed by atoms with E-state index in [0.29, 0.717) is 0 Å². The van der Waals surface area contributed by atoms with Crippen molar-refractivity contribution in [1.82, 2.24) is 15.1 Å². The first-order valence-corrected chi connectivity index (χ1v) is 9.06. The zero-order chi connectivity index (χ0) is 19.9. The van der Waals surface area contributed by atoms with Crippen molar-refractivity contribution >= 4 is 17.8 Å². The molecule has 0 bridgehead atoms. The third-order valence-electron chi connectivity index (χ3n) is 5.52. The van der Waals surface area contributed by atoms with Crippen LogP contribution in [0.25, 0.3) is 0 Å². The molecule has 0 spiro atoms. The van der Waals surface area contributed by atoms with Gasteiger partial charge in [0.25, 0.3) is 5.91 Å². The maximum Gasteiger partial charge on any atom is 0.325 e. The fourth-order valence-electron chi connectivity index (χ4n) is 4.03. The summed E-state index contributed by atoms with van der Waals surface area (Å²) in [7, 11) is 0. The van der Waals surface area contributed by atoms with Crippen LogP contribution in [-0.2, 0) is 15.1 Å². The van der Waals surface area contributed by atoms with Crippen LogP contribution in [0.15, 0.2) is 18.2 Å². The number of piperidine rings is 1. The second-order valence-electron chi connectivity index (χ2n) is 7.50. The molecule has 2 aliphatic heterocycles. The van der Waals surface area contributed by atoms with Gasteiger partial charge in [0.1, 0.15) is 23.7 Å². The van der Waals surface area contributed by atoms with Gasteiger partial charge in [-0.2, -0.15) is 0 Å². The standard InChI is InChI=1S/C19H23F2N3O3/c1-11-5-4-6-12(2)24(11)16(25)10-23-17(26)19(3,22-18(23)27)14-9-13(20)7-8-15(14)21/h7-9,11-12H,4-6,10H2,1-3H3,(H,22,27)/t11-,12-,19+/m1/s1. The zero-order valence-corrected chi connectivity index (χ0v) is 15.6. The fraction of sp³-hybridized carbons (Fsp3) is 0.526. The molecule has 6 nitrogen and oxygen atoms in total. The molecule has 4 amide bonds. The molecule has 2 fully saturated rings. The number of imide groups is 1. The van der Waals surface area contributed by atoms with Gasteiger partial charge in [-0.3, -0.25) is 14.5 Å². The molecular formula is C19H23F2N3O3. The number of hydrogen-bond acceptors (Lipinski definition) is 3. The van der Waals surface area contributed by atoms with Crippen LogP contribution < -0.4 is 5.32 Å². The van der Waals surface area contributed by atoms with E-state index in [2.05, 4.69) is 5.32 Å². The van der Waals surface area contributed by atoms with Gasteiger partial charge in [-0.05, 0) is 58.2 Å². The first kappa shape index (κ1) is 19.3. The number of nitrogens with zero attached hydrogens (tertiary/aromatic N) is 2. The van der Waals surface area contributed by atoms with Gasteiger partial charge in [0.15, 0.2) is 0 Å². The minimum atomic E-state index is -1.76. The van der Waals surface area contributed by atoms with Crippen molar-refractivity contribution in [1.29, 1.82) is 0 Å². The molecule has 1 aromatic carbocycles. The van der Waals surface area contributed by atoms with Crippen LogP contribution in [0.4, 0.5) is 13.6 Å². The highest BCUT2D eigenvalue weighted by Crippen LogP contribution is 2.31. The third-order valence-corrected chi connectivity index (χ3v) is 5.52. The van der Waals surface area contributed by atoms with E-state index >= 15 is 0 Å². The SMILES string of the molecule is C[C@@H]1CCC[C@@H](C)N1C(=O)CN1C(=O)N[C@@](C)(c2cc(F)ccc2F)C1=O. The van der Waals surface area contributed by atoms with E-state index in [4.69, 9.17) is 0 Å². The van der Waals surface area contributed by atoms with Crippen molar-refractivity contribution in [3.63, 3.8) is 0 Å². The Morgan fingerprint density at radius 3 is 2.48 bits per heavy atom. The Balaban J connectivity index is 1.84. The van der Waals surface area contributed by atoms with Gasteiger partial charge in [-0.1, -0.05) is 0 Å². The lowest BCUT2D eigenvalue weighted by Gasteiger charge is -2.39. The van der Waals surface area contributed by atoms with Crippen LogP contribution in [0.1, 0.15) is 45.6 Å². The molecule has 0 aromatic heterocycles. The second kappa shape index (κ2) is 6.90. The fourth-order valence-corrected chi connectivity index (χ4v) is 4.03. The number of likely N-dealkylation sites (tertiary alicyclic amines) is 1. The molecule has 2 aliphatic rings. The van der Waals surface area contributed by atoms with E-state index in [1.54, 1.807) is 4.90 Å². The average Bonchev–Trinajstić information content (AvgIpc) is 2.81. The van der Waals surface area contributed by atoms with E-state index in [0.717, 1.165) is 42.4 Å². The lowest BCUT2D eigenvalue weighted by Crippen LogP contribution is -2.52. The van der Waals surface area contributed by atoms with Gasteiger partial charge in [-0.15, -0.1) is 0 Å². The number of halogens is 2. The number of amides is 4. The molecular weight excluding hydrogens is 356 g/mol. The number of carbonyl (C=O) groups excluding carboxylic acids is 3. The predicted molar refractivity (Wildman–Crippen MR) is 93.6 cm³/mol. The minimum absolute atomic E-state index is 0.0223. The Morgan fingerprint density at radius 2 is 1.85 bits per heavy atom. The summed E-state index contributed by atoms with van der Waals surface area (Å²) in [6.45, 7) is 4.75. The lowest BCUT2D eigenvalue weighted by atomic mass is 9.91. The van der Waals surface area contributed by atoms with Crippen molar-refractivity contribution < 1.29 is 23.2 Å². The summed E-state index contributed by atoms with van der Waals surface area (Å²) < 4.78 is 27.8. The summed E-state index contributed by atoms with van der Waals surface area (Å²) in [4.78, 5) is 40.5. The number of carbonyl (C=O) groups is 3. The Hall–Kier alpha value is -2.51. The number of benzene rings is 1. The molecule has 3 rings (SSSR count). The van der Waals surface area contributed by atoms with E-state index in [1.807, 2.05) is 13.8 Å². The molecule has 2 saturated heterocycles. The van der Waals surface area contributed by atoms with E-state index in [9.17, 15) is 23.2 Å². The number of nitrogens with one attached hydrogen (secondary N) is 1.